The minimum atomic E-state index is 0.418. The number of hydrogen-bond acceptors (Lipinski definition) is 5. The summed E-state index contributed by atoms with van der Waals surface area (Å²) in [6.07, 6.45) is 3.13. The fourth-order valence-electron chi connectivity index (χ4n) is 1.89. The Balaban J connectivity index is 2.97. The lowest BCUT2D eigenvalue weighted by molar-refractivity contribution is 0.353. The van der Waals surface area contributed by atoms with Crippen molar-refractivity contribution < 1.29 is 14.2 Å². The van der Waals surface area contributed by atoms with E-state index >= 15 is 0 Å². The van der Waals surface area contributed by atoms with E-state index in [9.17, 15) is 0 Å². The van der Waals surface area contributed by atoms with Crippen LogP contribution in [0.25, 0.3) is 10.8 Å². The second-order valence-electron chi connectivity index (χ2n) is 3.54. The van der Waals surface area contributed by atoms with Gasteiger partial charge in [-0.1, -0.05) is 0 Å². The quantitative estimate of drug-likeness (QED) is 0.827. The molecule has 0 saturated carbocycles. The predicted molar refractivity (Wildman–Crippen MR) is 66.1 cm³/mol. The first-order valence-electron chi connectivity index (χ1n) is 5.23. The zero-order valence-electron chi connectivity index (χ0n) is 10.4. The van der Waals surface area contributed by atoms with E-state index in [0.29, 0.717) is 33.6 Å². The molecule has 0 radical (unpaired) electrons. The van der Waals surface area contributed by atoms with Gasteiger partial charge in [0, 0.05) is 23.8 Å². The molecule has 1 aromatic heterocycles. The number of pyridine rings is 1. The summed E-state index contributed by atoms with van der Waals surface area (Å²) in [5, 5.41) is 10.5. The SMILES string of the molecule is COc1cc(OC)c2cncc(C#N)c2c1OC. The fraction of sp³-hybridized carbons (Fsp3) is 0.231. The van der Waals surface area contributed by atoms with Crippen molar-refractivity contribution >= 4 is 10.8 Å². The van der Waals surface area contributed by atoms with Crippen LogP contribution in [0.15, 0.2) is 18.5 Å². The van der Waals surface area contributed by atoms with E-state index in [4.69, 9.17) is 19.5 Å². The van der Waals surface area contributed by atoms with E-state index < -0.39 is 0 Å². The molecule has 2 rings (SSSR count). The summed E-state index contributed by atoms with van der Waals surface area (Å²) in [6.45, 7) is 0. The fourth-order valence-corrected chi connectivity index (χ4v) is 1.89. The maximum atomic E-state index is 9.16. The third-order valence-electron chi connectivity index (χ3n) is 2.69. The van der Waals surface area contributed by atoms with E-state index in [1.807, 2.05) is 0 Å². The standard InChI is InChI=1S/C13H12N2O3/c1-16-10-4-11(17-2)13(18-3)12-8(5-14)6-15-7-9(10)12/h4,6-7H,1-3H3. The smallest absolute Gasteiger partial charge is 0.170 e. The van der Waals surface area contributed by atoms with Gasteiger partial charge in [-0.25, -0.2) is 0 Å². The molecular weight excluding hydrogens is 232 g/mol. The van der Waals surface area contributed by atoms with Gasteiger partial charge in [0.2, 0.25) is 0 Å². The van der Waals surface area contributed by atoms with Crippen molar-refractivity contribution in [3.05, 3.63) is 24.0 Å². The van der Waals surface area contributed by atoms with Gasteiger partial charge in [-0.2, -0.15) is 5.26 Å². The monoisotopic (exact) mass is 244 g/mol. The van der Waals surface area contributed by atoms with Gasteiger partial charge in [0.15, 0.2) is 11.5 Å². The van der Waals surface area contributed by atoms with Crippen LogP contribution in [0.1, 0.15) is 5.56 Å². The Kier molecular flexibility index (Phi) is 3.20. The summed E-state index contributed by atoms with van der Waals surface area (Å²) in [4.78, 5) is 4.02. The molecule has 0 atom stereocenters. The third kappa shape index (κ3) is 1.68. The lowest BCUT2D eigenvalue weighted by Gasteiger charge is -2.14. The van der Waals surface area contributed by atoms with E-state index in [0.717, 1.165) is 0 Å². The molecule has 5 nitrogen and oxygen atoms in total. The summed E-state index contributed by atoms with van der Waals surface area (Å²) >= 11 is 0. The van der Waals surface area contributed by atoms with Crippen molar-refractivity contribution in [3.8, 4) is 23.3 Å². The van der Waals surface area contributed by atoms with Crippen LogP contribution in [0, 0.1) is 11.3 Å². The lowest BCUT2D eigenvalue weighted by Crippen LogP contribution is -1.96. The Bertz CT molecular complexity index is 632. The van der Waals surface area contributed by atoms with Gasteiger partial charge in [-0.3, -0.25) is 4.98 Å². The second-order valence-corrected chi connectivity index (χ2v) is 3.54. The molecule has 92 valence electrons. The van der Waals surface area contributed by atoms with Crippen LogP contribution >= 0.6 is 0 Å². The van der Waals surface area contributed by atoms with Crippen molar-refractivity contribution in [2.45, 2.75) is 0 Å². The molecule has 0 unspecified atom stereocenters. The molecule has 0 aliphatic rings. The third-order valence-corrected chi connectivity index (χ3v) is 2.69. The van der Waals surface area contributed by atoms with Gasteiger partial charge in [0.1, 0.15) is 11.8 Å². The largest absolute Gasteiger partial charge is 0.496 e. The topological polar surface area (TPSA) is 64.4 Å². The zero-order chi connectivity index (χ0) is 13.1. The summed E-state index contributed by atoms with van der Waals surface area (Å²) in [7, 11) is 4.63. The first-order valence-corrected chi connectivity index (χ1v) is 5.23. The zero-order valence-corrected chi connectivity index (χ0v) is 10.4. The Hall–Kier alpha value is -2.48. The lowest BCUT2D eigenvalue weighted by atomic mass is 10.1. The molecule has 18 heavy (non-hydrogen) atoms. The molecule has 1 heterocycles. The number of benzene rings is 1. The summed E-state index contributed by atoms with van der Waals surface area (Å²) in [5.41, 5.74) is 0.418. The van der Waals surface area contributed by atoms with Crippen molar-refractivity contribution in [3.63, 3.8) is 0 Å². The molecule has 0 bridgehead atoms. The van der Waals surface area contributed by atoms with Crippen LogP contribution in [0.4, 0.5) is 0 Å². The van der Waals surface area contributed by atoms with E-state index in [1.165, 1.54) is 20.4 Å². The number of hydrogen-bond donors (Lipinski definition) is 0. The highest BCUT2D eigenvalue weighted by Gasteiger charge is 2.17. The summed E-state index contributed by atoms with van der Waals surface area (Å²) in [6, 6.07) is 3.81. The predicted octanol–water partition coefficient (Wildman–Crippen LogP) is 2.13. The Morgan fingerprint density at radius 3 is 2.33 bits per heavy atom. The first kappa shape index (κ1) is 12.0. The van der Waals surface area contributed by atoms with Crippen LogP contribution in [0.2, 0.25) is 0 Å². The number of aromatic nitrogens is 1. The molecule has 5 heteroatoms. The van der Waals surface area contributed by atoms with Crippen LogP contribution in [-0.2, 0) is 0 Å². The van der Waals surface area contributed by atoms with Crippen LogP contribution in [0.5, 0.6) is 17.2 Å². The highest BCUT2D eigenvalue weighted by atomic mass is 16.5. The number of ether oxygens (including phenoxy) is 3. The van der Waals surface area contributed by atoms with Crippen LogP contribution in [0.3, 0.4) is 0 Å². The molecular formula is C13H12N2O3. The second kappa shape index (κ2) is 4.80. The number of fused-ring (bicyclic) bond motifs is 1. The molecule has 0 amide bonds. The van der Waals surface area contributed by atoms with Gasteiger partial charge in [-0.15, -0.1) is 0 Å². The van der Waals surface area contributed by atoms with Gasteiger partial charge >= 0.3 is 0 Å². The summed E-state index contributed by atoms with van der Waals surface area (Å²) < 4.78 is 15.9. The molecule has 2 aromatic rings. The number of nitriles is 1. The molecule has 0 spiro atoms. The highest BCUT2D eigenvalue weighted by molar-refractivity contribution is 5.98. The summed E-state index contributed by atoms with van der Waals surface area (Å²) in [5.74, 6) is 1.61. The highest BCUT2D eigenvalue weighted by Crippen LogP contribution is 2.42. The Morgan fingerprint density at radius 1 is 1.06 bits per heavy atom. The van der Waals surface area contributed by atoms with Gasteiger partial charge < -0.3 is 14.2 Å². The minimum absolute atomic E-state index is 0.418. The van der Waals surface area contributed by atoms with Crippen molar-refractivity contribution in [1.82, 2.24) is 4.98 Å². The van der Waals surface area contributed by atoms with Crippen LogP contribution in [-0.4, -0.2) is 26.3 Å². The minimum Gasteiger partial charge on any atom is -0.496 e. The van der Waals surface area contributed by atoms with Gasteiger partial charge in [0.25, 0.3) is 0 Å². The van der Waals surface area contributed by atoms with Gasteiger partial charge in [0.05, 0.1) is 32.3 Å². The van der Waals surface area contributed by atoms with Crippen molar-refractivity contribution in [2.75, 3.05) is 21.3 Å². The number of methoxy groups -OCH3 is 3. The van der Waals surface area contributed by atoms with Crippen molar-refractivity contribution in [2.24, 2.45) is 0 Å². The normalized spacial score (nSPS) is 9.89. The number of rotatable bonds is 3. The van der Waals surface area contributed by atoms with E-state index in [-0.39, 0.29) is 0 Å². The Labute approximate surface area is 105 Å². The number of nitrogens with zero attached hydrogens (tertiary/aromatic N) is 2. The Morgan fingerprint density at radius 2 is 1.78 bits per heavy atom. The first-order chi connectivity index (χ1) is 8.76. The molecule has 0 fully saturated rings. The molecule has 0 aliphatic heterocycles. The van der Waals surface area contributed by atoms with E-state index in [2.05, 4.69) is 11.1 Å². The maximum absolute atomic E-state index is 9.16. The molecule has 0 saturated heterocycles. The molecule has 0 N–H and O–H groups in total. The maximum Gasteiger partial charge on any atom is 0.170 e. The van der Waals surface area contributed by atoms with Crippen LogP contribution < -0.4 is 14.2 Å². The van der Waals surface area contributed by atoms with E-state index in [1.54, 1.807) is 19.4 Å². The average Bonchev–Trinajstić information content (AvgIpc) is 2.44. The van der Waals surface area contributed by atoms with Crippen molar-refractivity contribution in [1.29, 1.82) is 5.26 Å². The molecule has 1 aromatic carbocycles. The average molecular weight is 244 g/mol. The van der Waals surface area contributed by atoms with Gasteiger partial charge in [-0.05, 0) is 0 Å². The molecule has 0 aliphatic carbocycles.